The van der Waals surface area contributed by atoms with Gasteiger partial charge >= 0.3 is 0 Å². The fraction of sp³-hybridized carbons (Fsp3) is 0.100. The van der Waals surface area contributed by atoms with Gasteiger partial charge in [-0.25, -0.2) is 9.97 Å². The summed E-state index contributed by atoms with van der Waals surface area (Å²) in [6.07, 6.45) is 1.90. The maximum atomic E-state index is 5.21. The molecule has 2 heterocycles. The van der Waals surface area contributed by atoms with E-state index >= 15 is 0 Å². The van der Waals surface area contributed by atoms with Crippen molar-refractivity contribution >= 4 is 22.7 Å². The first-order chi connectivity index (χ1) is 12.8. The summed E-state index contributed by atoms with van der Waals surface area (Å²) in [6.45, 7) is 0. The van der Waals surface area contributed by atoms with E-state index in [1.807, 2.05) is 54.7 Å². The Balaban J connectivity index is 1.58. The molecule has 2 aromatic heterocycles. The minimum Gasteiger partial charge on any atom is -0.497 e. The Kier molecular flexibility index (Phi) is 4.69. The van der Waals surface area contributed by atoms with Crippen LogP contribution in [0.3, 0.4) is 0 Å². The Morgan fingerprint density at radius 2 is 1.38 bits per heavy atom. The first-order valence-electron chi connectivity index (χ1n) is 7.97. The van der Waals surface area contributed by atoms with Crippen molar-refractivity contribution in [2.45, 2.75) is 0 Å². The molecule has 0 fully saturated rings. The number of hydrogen-bond donors (Lipinski definition) is 0. The van der Waals surface area contributed by atoms with Crippen LogP contribution in [0.4, 0.5) is 0 Å². The standard InChI is InChI=1S/C20H16N2O2S2/c1-23-15-7-3-13(4-8-15)17-12-25-20(22-17)19-21-11-18(26-19)14-5-9-16(24-2)10-6-14/h3-12H,1-2H3. The van der Waals surface area contributed by atoms with Crippen LogP contribution in [0.1, 0.15) is 0 Å². The highest BCUT2D eigenvalue weighted by Gasteiger charge is 2.12. The maximum absolute atomic E-state index is 5.21. The van der Waals surface area contributed by atoms with Gasteiger partial charge in [0, 0.05) is 17.1 Å². The molecular formula is C20H16N2O2S2. The highest BCUT2D eigenvalue weighted by molar-refractivity contribution is 7.22. The van der Waals surface area contributed by atoms with Gasteiger partial charge in [0.2, 0.25) is 0 Å². The number of aromatic nitrogens is 2. The molecule has 0 atom stereocenters. The number of thiazole rings is 2. The number of ether oxygens (including phenoxy) is 2. The normalized spacial score (nSPS) is 10.7. The largest absolute Gasteiger partial charge is 0.497 e. The molecule has 0 bridgehead atoms. The molecule has 0 aliphatic heterocycles. The number of benzene rings is 2. The minimum absolute atomic E-state index is 0.841. The average Bonchev–Trinajstić information content (AvgIpc) is 3.38. The molecule has 0 aliphatic carbocycles. The first-order valence-corrected chi connectivity index (χ1v) is 9.67. The molecule has 0 amide bonds. The lowest BCUT2D eigenvalue weighted by Crippen LogP contribution is -1.83. The molecule has 2 aromatic carbocycles. The molecule has 0 spiro atoms. The van der Waals surface area contributed by atoms with Gasteiger partial charge in [0.1, 0.15) is 11.5 Å². The summed E-state index contributed by atoms with van der Waals surface area (Å²) in [5.74, 6) is 1.69. The highest BCUT2D eigenvalue weighted by atomic mass is 32.1. The van der Waals surface area contributed by atoms with Crippen LogP contribution in [0.5, 0.6) is 11.5 Å². The van der Waals surface area contributed by atoms with Gasteiger partial charge in [0.25, 0.3) is 0 Å². The monoisotopic (exact) mass is 380 g/mol. The Labute approximate surface area is 159 Å². The Hall–Kier alpha value is -2.70. The van der Waals surface area contributed by atoms with Crippen LogP contribution in [0, 0.1) is 0 Å². The van der Waals surface area contributed by atoms with Gasteiger partial charge in [0.05, 0.1) is 24.8 Å². The van der Waals surface area contributed by atoms with E-state index in [2.05, 4.69) is 10.4 Å². The predicted molar refractivity (Wildman–Crippen MR) is 107 cm³/mol. The van der Waals surface area contributed by atoms with Crippen LogP contribution < -0.4 is 9.47 Å². The van der Waals surface area contributed by atoms with Crippen molar-refractivity contribution < 1.29 is 9.47 Å². The van der Waals surface area contributed by atoms with E-state index in [1.165, 1.54) is 0 Å². The molecule has 0 radical (unpaired) electrons. The molecule has 26 heavy (non-hydrogen) atoms. The maximum Gasteiger partial charge on any atom is 0.152 e. The summed E-state index contributed by atoms with van der Waals surface area (Å²) >= 11 is 3.25. The molecular weight excluding hydrogens is 364 g/mol. The van der Waals surface area contributed by atoms with E-state index in [-0.39, 0.29) is 0 Å². The van der Waals surface area contributed by atoms with E-state index in [9.17, 15) is 0 Å². The van der Waals surface area contributed by atoms with Crippen molar-refractivity contribution in [2.24, 2.45) is 0 Å². The van der Waals surface area contributed by atoms with E-state index in [1.54, 1.807) is 36.9 Å². The molecule has 6 heteroatoms. The molecule has 0 saturated carbocycles. The van der Waals surface area contributed by atoms with Gasteiger partial charge in [-0.2, -0.15) is 0 Å². The Morgan fingerprint density at radius 3 is 2.00 bits per heavy atom. The van der Waals surface area contributed by atoms with Crippen molar-refractivity contribution in [2.75, 3.05) is 14.2 Å². The molecule has 0 unspecified atom stereocenters. The second kappa shape index (κ2) is 7.27. The smallest absolute Gasteiger partial charge is 0.152 e. The van der Waals surface area contributed by atoms with E-state index in [0.29, 0.717) is 0 Å². The van der Waals surface area contributed by atoms with Crippen LogP contribution >= 0.6 is 22.7 Å². The summed E-state index contributed by atoms with van der Waals surface area (Å²) in [7, 11) is 3.33. The second-order valence-electron chi connectivity index (χ2n) is 5.52. The van der Waals surface area contributed by atoms with Crippen LogP contribution in [0.25, 0.3) is 31.7 Å². The summed E-state index contributed by atoms with van der Waals surface area (Å²) in [5.41, 5.74) is 3.15. The highest BCUT2D eigenvalue weighted by Crippen LogP contribution is 2.35. The second-order valence-corrected chi connectivity index (χ2v) is 7.41. The van der Waals surface area contributed by atoms with Gasteiger partial charge in [0.15, 0.2) is 10.0 Å². The Morgan fingerprint density at radius 1 is 0.769 bits per heavy atom. The number of methoxy groups -OCH3 is 2. The van der Waals surface area contributed by atoms with E-state index < -0.39 is 0 Å². The molecule has 130 valence electrons. The summed E-state index contributed by atoms with van der Waals surface area (Å²) in [5, 5.41) is 3.92. The van der Waals surface area contributed by atoms with E-state index in [0.717, 1.165) is 43.2 Å². The fourth-order valence-corrected chi connectivity index (χ4v) is 4.32. The molecule has 4 rings (SSSR count). The van der Waals surface area contributed by atoms with Gasteiger partial charge in [-0.05, 0) is 54.1 Å². The van der Waals surface area contributed by atoms with Gasteiger partial charge in [-0.1, -0.05) is 0 Å². The topological polar surface area (TPSA) is 44.2 Å². The number of rotatable bonds is 5. The summed E-state index contributed by atoms with van der Waals surface area (Å²) < 4.78 is 10.4. The molecule has 0 saturated heterocycles. The molecule has 0 aliphatic rings. The lowest BCUT2D eigenvalue weighted by molar-refractivity contribution is 0.415. The third-order valence-electron chi connectivity index (χ3n) is 3.95. The van der Waals surface area contributed by atoms with Crippen molar-refractivity contribution in [3.05, 3.63) is 60.1 Å². The zero-order chi connectivity index (χ0) is 17.9. The summed E-state index contributed by atoms with van der Waals surface area (Å²) in [6, 6.07) is 15.9. The number of hydrogen-bond acceptors (Lipinski definition) is 6. The van der Waals surface area contributed by atoms with Crippen molar-refractivity contribution in [3.63, 3.8) is 0 Å². The van der Waals surface area contributed by atoms with Gasteiger partial charge in [-0.3, -0.25) is 0 Å². The minimum atomic E-state index is 0.841. The lowest BCUT2D eigenvalue weighted by Gasteiger charge is -2.00. The van der Waals surface area contributed by atoms with Gasteiger partial charge in [-0.15, -0.1) is 22.7 Å². The summed E-state index contributed by atoms with van der Waals surface area (Å²) in [4.78, 5) is 10.4. The fourth-order valence-electron chi connectivity index (χ4n) is 2.53. The van der Waals surface area contributed by atoms with Crippen molar-refractivity contribution in [1.29, 1.82) is 0 Å². The van der Waals surface area contributed by atoms with Crippen LogP contribution in [-0.2, 0) is 0 Å². The van der Waals surface area contributed by atoms with Crippen LogP contribution in [-0.4, -0.2) is 24.2 Å². The molecule has 4 aromatic rings. The SMILES string of the molecule is COc1ccc(-c2csc(-c3ncc(-c4ccc(OC)cc4)s3)n2)cc1. The first kappa shape index (κ1) is 16.8. The quantitative estimate of drug-likeness (QED) is 0.451. The van der Waals surface area contributed by atoms with Crippen molar-refractivity contribution in [3.8, 4) is 43.2 Å². The predicted octanol–water partition coefficient (Wildman–Crippen LogP) is 5.62. The molecule has 4 nitrogen and oxygen atoms in total. The van der Waals surface area contributed by atoms with Crippen LogP contribution in [0.2, 0.25) is 0 Å². The third-order valence-corrected chi connectivity index (χ3v) is 5.98. The van der Waals surface area contributed by atoms with E-state index in [4.69, 9.17) is 14.5 Å². The lowest BCUT2D eigenvalue weighted by atomic mass is 10.2. The molecule has 0 N–H and O–H groups in total. The van der Waals surface area contributed by atoms with Crippen LogP contribution in [0.15, 0.2) is 60.1 Å². The average molecular weight is 380 g/mol. The van der Waals surface area contributed by atoms with Gasteiger partial charge < -0.3 is 9.47 Å². The van der Waals surface area contributed by atoms with Crippen molar-refractivity contribution in [1.82, 2.24) is 9.97 Å². The third kappa shape index (κ3) is 3.34. The zero-order valence-corrected chi connectivity index (χ0v) is 15.9. The Bertz CT molecular complexity index is 921. The number of nitrogens with zero attached hydrogens (tertiary/aromatic N) is 2. The zero-order valence-electron chi connectivity index (χ0n) is 14.3.